The molecule has 0 aromatic carbocycles. The Labute approximate surface area is 467 Å². The highest BCUT2D eigenvalue weighted by atomic mass is 16.5. The van der Waals surface area contributed by atoms with E-state index in [4.69, 9.17) is 4.74 Å². The number of amides is 1. The number of carbonyl (C=O) groups is 2. The van der Waals surface area contributed by atoms with E-state index in [0.717, 1.165) is 57.8 Å². The topological polar surface area (TPSA) is 95.9 Å². The lowest BCUT2D eigenvalue weighted by Crippen LogP contribution is -2.45. The van der Waals surface area contributed by atoms with Crippen molar-refractivity contribution in [3.8, 4) is 0 Å². The van der Waals surface area contributed by atoms with E-state index in [1.165, 1.54) is 257 Å². The van der Waals surface area contributed by atoms with Gasteiger partial charge in [0.15, 0.2) is 0 Å². The highest BCUT2D eigenvalue weighted by Gasteiger charge is 2.18. The van der Waals surface area contributed by atoms with Crippen LogP contribution in [-0.2, 0) is 14.3 Å². The van der Waals surface area contributed by atoms with Gasteiger partial charge in [0.1, 0.15) is 0 Å². The number of hydrogen-bond acceptors (Lipinski definition) is 5. The Balaban J connectivity index is 3.45. The van der Waals surface area contributed by atoms with E-state index in [9.17, 15) is 19.8 Å². The molecule has 0 heterocycles. The molecule has 6 nitrogen and oxygen atoms in total. The molecule has 3 N–H and O–H groups in total. The molecule has 6 heteroatoms. The highest BCUT2D eigenvalue weighted by Crippen LogP contribution is 2.17. The van der Waals surface area contributed by atoms with Crippen molar-refractivity contribution in [3.63, 3.8) is 0 Å². The third-order valence-electron chi connectivity index (χ3n) is 15.0. The van der Waals surface area contributed by atoms with Gasteiger partial charge in [0.2, 0.25) is 5.91 Å². The second-order valence-electron chi connectivity index (χ2n) is 22.4. The van der Waals surface area contributed by atoms with Crippen molar-refractivity contribution in [3.05, 3.63) is 60.8 Å². The molecular formula is C69H127NO5. The van der Waals surface area contributed by atoms with Gasteiger partial charge in [0.05, 0.1) is 25.4 Å². The smallest absolute Gasteiger partial charge is 0.305 e. The lowest BCUT2D eigenvalue weighted by molar-refractivity contribution is -0.143. The van der Waals surface area contributed by atoms with Gasteiger partial charge < -0.3 is 20.3 Å². The van der Waals surface area contributed by atoms with E-state index in [-0.39, 0.29) is 18.5 Å². The fourth-order valence-electron chi connectivity index (χ4n) is 9.92. The number of carbonyl (C=O) groups excluding carboxylic acids is 2. The van der Waals surface area contributed by atoms with E-state index in [1.54, 1.807) is 6.08 Å². The van der Waals surface area contributed by atoms with Crippen LogP contribution in [0.5, 0.6) is 0 Å². The molecule has 0 aliphatic heterocycles. The first-order valence-corrected chi connectivity index (χ1v) is 33.1. The van der Waals surface area contributed by atoms with Crippen LogP contribution in [0, 0.1) is 0 Å². The third kappa shape index (κ3) is 60.6. The first-order valence-electron chi connectivity index (χ1n) is 33.1. The molecule has 0 radical (unpaired) electrons. The summed E-state index contributed by atoms with van der Waals surface area (Å²) in [5.74, 6) is -0.0748. The van der Waals surface area contributed by atoms with Gasteiger partial charge in [0.25, 0.3) is 0 Å². The number of allylic oxidation sites excluding steroid dienone is 9. The normalized spacial score (nSPS) is 13.0. The summed E-state index contributed by atoms with van der Waals surface area (Å²) >= 11 is 0. The van der Waals surface area contributed by atoms with Crippen molar-refractivity contribution < 1.29 is 24.5 Å². The fourth-order valence-corrected chi connectivity index (χ4v) is 9.92. The van der Waals surface area contributed by atoms with Crippen molar-refractivity contribution in [2.45, 2.75) is 353 Å². The Bertz CT molecular complexity index is 1300. The van der Waals surface area contributed by atoms with E-state index in [1.807, 2.05) is 6.08 Å². The summed E-state index contributed by atoms with van der Waals surface area (Å²) in [5.41, 5.74) is 0. The maximum Gasteiger partial charge on any atom is 0.305 e. The molecule has 1 amide bonds. The SMILES string of the molecule is CCCC/C=C\C/C=C\CCCCCCCC(=O)OCCCCCCCCCCC/C=C\C/C=C\CCCCCCCCCCCCCC(=O)NC(CO)C(O)/C=C/CCCCCCCCCCCCCCCCC. The molecular weight excluding hydrogens is 923 g/mol. The average Bonchev–Trinajstić information content (AvgIpc) is 3.41. The molecule has 0 saturated heterocycles. The molecule has 0 saturated carbocycles. The highest BCUT2D eigenvalue weighted by molar-refractivity contribution is 5.76. The molecule has 0 spiro atoms. The van der Waals surface area contributed by atoms with Gasteiger partial charge >= 0.3 is 5.97 Å². The van der Waals surface area contributed by atoms with Gasteiger partial charge in [-0.1, -0.05) is 299 Å². The van der Waals surface area contributed by atoms with Gasteiger partial charge in [-0.15, -0.1) is 0 Å². The zero-order valence-electron chi connectivity index (χ0n) is 50.0. The van der Waals surface area contributed by atoms with Crippen LogP contribution in [0.2, 0.25) is 0 Å². The largest absolute Gasteiger partial charge is 0.466 e. The van der Waals surface area contributed by atoms with Gasteiger partial charge in [0, 0.05) is 12.8 Å². The summed E-state index contributed by atoms with van der Waals surface area (Å²) in [6.07, 6.45) is 84.2. The first kappa shape index (κ1) is 72.6. The van der Waals surface area contributed by atoms with E-state index in [0.29, 0.717) is 19.4 Å². The summed E-state index contributed by atoms with van der Waals surface area (Å²) in [5, 5.41) is 23.2. The molecule has 0 fully saturated rings. The number of nitrogens with one attached hydrogen (secondary N) is 1. The molecule has 0 aromatic rings. The second-order valence-corrected chi connectivity index (χ2v) is 22.4. The number of unbranched alkanes of at least 4 members (excludes halogenated alkanes) is 42. The molecule has 0 aliphatic rings. The lowest BCUT2D eigenvalue weighted by Gasteiger charge is -2.20. The Hall–Kier alpha value is -2.44. The van der Waals surface area contributed by atoms with E-state index in [2.05, 4.69) is 67.8 Å². The number of aliphatic hydroxyl groups excluding tert-OH is 2. The van der Waals surface area contributed by atoms with Gasteiger partial charge in [-0.2, -0.15) is 0 Å². The summed E-state index contributed by atoms with van der Waals surface area (Å²) < 4.78 is 5.47. The molecule has 0 aromatic heterocycles. The second kappa shape index (κ2) is 64.1. The van der Waals surface area contributed by atoms with Gasteiger partial charge in [-0.25, -0.2) is 0 Å². The maximum absolute atomic E-state index is 12.5. The van der Waals surface area contributed by atoms with Crippen LogP contribution in [0.1, 0.15) is 341 Å². The van der Waals surface area contributed by atoms with Crippen molar-refractivity contribution in [2.24, 2.45) is 0 Å². The zero-order valence-corrected chi connectivity index (χ0v) is 50.0. The van der Waals surface area contributed by atoms with E-state index >= 15 is 0 Å². The van der Waals surface area contributed by atoms with Crippen molar-refractivity contribution in [1.82, 2.24) is 5.32 Å². The van der Waals surface area contributed by atoms with Crippen LogP contribution >= 0.6 is 0 Å². The van der Waals surface area contributed by atoms with Crippen LogP contribution in [-0.4, -0.2) is 47.4 Å². The Morgan fingerprint density at radius 3 is 1.05 bits per heavy atom. The quantitative estimate of drug-likeness (QED) is 0.0320. The molecule has 2 atom stereocenters. The number of ether oxygens (including phenoxy) is 1. The molecule has 2 unspecified atom stereocenters. The fraction of sp³-hybridized carbons (Fsp3) is 0.826. The number of hydrogen-bond donors (Lipinski definition) is 3. The molecule has 0 aliphatic carbocycles. The van der Waals surface area contributed by atoms with Crippen molar-refractivity contribution in [2.75, 3.05) is 13.2 Å². The minimum Gasteiger partial charge on any atom is -0.466 e. The van der Waals surface area contributed by atoms with Gasteiger partial charge in [-0.05, 0) is 89.9 Å². The summed E-state index contributed by atoms with van der Waals surface area (Å²) in [6.45, 7) is 4.87. The predicted octanol–water partition coefficient (Wildman–Crippen LogP) is 21.1. The van der Waals surface area contributed by atoms with E-state index < -0.39 is 12.1 Å². The summed E-state index contributed by atoms with van der Waals surface area (Å²) in [4.78, 5) is 24.5. The lowest BCUT2D eigenvalue weighted by atomic mass is 10.0. The van der Waals surface area contributed by atoms with Crippen molar-refractivity contribution in [1.29, 1.82) is 0 Å². The van der Waals surface area contributed by atoms with Crippen LogP contribution in [0.15, 0.2) is 60.8 Å². The number of esters is 1. The standard InChI is InChI=1S/C69H127NO5/c1-3-5-7-9-11-13-15-17-19-31-34-37-41-45-49-53-57-61-67(72)66(65-71)70-68(73)62-58-54-50-46-42-38-35-32-29-27-25-23-21-20-22-24-26-28-30-33-36-40-44-48-52-56-60-64-75-69(74)63-59-55-51-47-43-39-18-16-14-12-10-8-6-4-2/h10,12,16,18,20-21,24,26,57,61,66-67,71-72H,3-9,11,13-15,17,19,22-23,25,27-56,58-60,62-65H2,1-2H3,(H,70,73)/b12-10-,18-16-,21-20-,26-24-,61-57+. The van der Waals surface area contributed by atoms with Crippen molar-refractivity contribution >= 4 is 11.9 Å². The van der Waals surface area contributed by atoms with Crippen LogP contribution in [0.4, 0.5) is 0 Å². The summed E-state index contributed by atoms with van der Waals surface area (Å²) in [7, 11) is 0. The monoisotopic (exact) mass is 1050 g/mol. The first-order chi connectivity index (χ1) is 37.0. The van der Waals surface area contributed by atoms with Crippen LogP contribution in [0.3, 0.4) is 0 Å². The Morgan fingerprint density at radius 2 is 0.680 bits per heavy atom. The number of aliphatic hydroxyl groups is 2. The van der Waals surface area contributed by atoms with Crippen LogP contribution in [0.25, 0.3) is 0 Å². The summed E-state index contributed by atoms with van der Waals surface area (Å²) in [6, 6.07) is -0.632. The molecule has 438 valence electrons. The Kier molecular flexibility index (Phi) is 62.0. The Morgan fingerprint density at radius 1 is 0.373 bits per heavy atom. The number of rotatable bonds is 61. The minimum atomic E-state index is -0.848. The van der Waals surface area contributed by atoms with Crippen LogP contribution < -0.4 is 5.32 Å². The zero-order chi connectivity index (χ0) is 54.3. The average molecular weight is 1050 g/mol. The minimum absolute atomic E-state index is 0.00482. The molecule has 75 heavy (non-hydrogen) atoms. The third-order valence-corrected chi connectivity index (χ3v) is 15.0. The molecule has 0 rings (SSSR count). The predicted molar refractivity (Wildman–Crippen MR) is 328 cm³/mol. The van der Waals surface area contributed by atoms with Gasteiger partial charge in [-0.3, -0.25) is 9.59 Å². The maximum atomic E-state index is 12.5. The molecule has 0 bridgehead atoms.